The highest BCUT2D eigenvalue weighted by Gasteiger charge is 2.65. The van der Waals surface area contributed by atoms with Gasteiger partial charge in [-0.05, 0) is 26.7 Å². The van der Waals surface area contributed by atoms with Crippen LogP contribution in [0.15, 0.2) is 0 Å². The fraction of sp³-hybridized carbons (Fsp3) is 0.733. The lowest BCUT2D eigenvalue weighted by molar-refractivity contribution is -0.151. The summed E-state index contributed by atoms with van der Waals surface area (Å²) >= 11 is 1.43. The number of rotatable bonds is 7. The number of hydrogen-bond acceptors (Lipinski definition) is 6. The maximum Gasteiger partial charge on any atom is 0.320 e. The molecule has 5 N–H and O–H groups in total. The van der Waals surface area contributed by atoms with Gasteiger partial charge in [-0.2, -0.15) is 0 Å². The van der Waals surface area contributed by atoms with Crippen LogP contribution in [-0.4, -0.2) is 55.9 Å². The number of thioether (sulfide) groups is 1. The van der Waals surface area contributed by atoms with Gasteiger partial charge in [-0.25, -0.2) is 0 Å². The number of Topliss-reactive ketones (excluding diaryl/α,β-unsaturated/α-hetero) is 1. The summed E-state index contributed by atoms with van der Waals surface area (Å²) in [6.07, 6.45) is 0.569. The Kier molecular flexibility index (Phi) is 5.24. The number of carboxylic acids is 2. The Morgan fingerprint density at radius 2 is 1.96 bits per heavy atom. The molecular formula is C15H22N2O6S. The number of aliphatic carboxylic acids is 2. The molecule has 134 valence electrons. The Labute approximate surface area is 143 Å². The van der Waals surface area contributed by atoms with Gasteiger partial charge in [0.2, 0.25) is 5.91 Å². The molecule has 0 bridgehead atoms. The summed E-state index contributed by atoms with van der Waals surface area (Å²) in [6.45, 7) is 3.60. The molecule has 2 aliphatic rings. The van der Waals surface area contributed by atoms with Crippen LogP contribution >= 0.6 is 11.8 Å². The van der Waals surface area contributed by atoms with Crippen molar-refractivity contribution >= 4 is 35.4 Å². The Balaban J connectivity index is 1.87. The fourth-order valence-electron chi connectivity index (χ4n) is 3.43. The second-order valence-electron chi connectivity index (χ2n) is 6.81. The molecule has 1 amide bonds. The van der Waals surface area contributed by atoms with Gasteiger partial charge >= 0.3 is 11.9 Å². The van der Waals surface area contributed by atoms with Gasteiger partial charge in [0, 0.05) is 22.3 Å². The summed E-state index contributed by atoms with van der Waals surface area (Å²) in [5, 5.41) is 20.5. The summed E-state index contributed by atoms with van der Waals surface area (Å²) < 4.78 is -0.565. The maximum atomic E-state index is 12.3. The topological polar surface area (TPSA) is 147 Å². The van der Waals surface area contributed by atoms with E-state index in [-0.39, 0.29) is 29.8 Å². The third kappa shape index (κ3) is 3.41. The second-order valence-corrected chi connectivity index (χ2v) is 8.64. The maximum absolute atomic E-state index is 12.3. The Hall–Kier alpha value is -1.61. The summed E-state index contributed by atoms with van der Waals surface area (Å²) in [5.74, 6) is -3.99. The Bertz CT molecular complexity index is 578. The highest BCUT2D eigenvalue weighted by atomic mass is 32.2. The first-order chi connectivity index (χ1) is 11.1. The van der Waals surface area contributed by atoms with Gasteiger partial charge < -0.3 is 21.3 Å². The van der Waals surface area contributed by atoms with Crippen LogP contribution in [0.5, 0.6) is 0 Å². The van der Waals surface area contributed by atoms with E-state index in [1.807, 2.05) is 0 Å². The molecule has 9 heteroatoms. The minimum absolute atomic E-state index is 0.0819. The first-order valence-corrected chi connectivity index (χ1v) is 8.66. The van der Waals surface area contributed by atoms with Crippen LogP contribution in [-0.2, 0) is 19.2 Å². The molecule has 0 aromatic heterocycles. The van der Waals surface area contributed by atoms with E-state index in [9.17, 15) is 24.3 Å². The highest BCUT2D eigenvalue weighted by Crippen LogP contribution is 2.57. The zero-order valence-corrected chi connectivity index (χ0v) is 14.3. The molecule has 1 aliphatic carbocycles. The van der Waals surface area contributed by atoms with E-state index in [1.54, 1.807) is 13.8 Å². The molecule has 5 atom stereocenters. The van der Waals surface area contributed by atoms with Crippen molar-refractivity contribution in [2.45, 2.75) is 55.2 Å². The van der Waals surface area contributed by atoms with Crippen LogP contribution in [0.4, 0.5) is 0 Å². The van der Waals surface area contributed by atoms with E-state index in [0.717, 1.165) is 0 Å². The molecule has 1 aliphatic heterocycles. The zero-order chi connectivity index (χ0) is 18.2. The van der Waals surface area contributed by atoms with E-state index >= 15 is 0 Å². The van der Waals surface area contributed by atoms with Crippen molar-refractivity contribution in [1.82, 2.24) is 5.32 Å². The summed E-state index contributed by atoms with van der Waals surface area (Å²) in [7, 11) is 0. The number of fused-ring (bicyclic) bond motifs is 1. The molecule has 1 saturated heterocycles. The largest absolute Gasteiger partial charge is 0.481 e. The van der Waals surface area contributed by atoms with Crippen LogP contribution in [0.1, 0.15) is 33.1 Å². The highest BCUT2D eigenvalue weighted by molar-refractivity contribution is 8.01. The van der Waals surface area contributed by atoms with Crippen LogP contribution in [0.3, 0.4) is 0 Å². The molecule has 8 nitrogen and oxygen atoms in total. The zero-order valence-electron chi connectivity index (χ0n) is 13.5. The number of nitrogens with one attached hydrogen (secondary N) is 1. The van der Waals surface area contributed by atoms with E-state index < -0.39 is 40.6 Å². The number of ketones is 1. The van der Waals surface area contributed by atoms with Gasteiger partial charge in [0.05, 0.1) is 5.92 Å². The average molecular weight is 358 g/mol. The lowest BCUT2D eigenvalue weighted by Gasteiger charge is -2.39. The van der Waals surface area contributed by atoms with Crippen LogP contribution < -0.4 is 11.1 Å². The van der Waals surface area contributed by atoms with Crippen molar-refractivity contribution in [1.29, 1.82) is 0 Å². The lowest BCUT2D eigenvalue weighted by Crippen LogP contribution is -2.63. The van der Waals surface area contributed by atoms with E-state index in [1.165, 1.54) is 11.8 Å². The molecule has 0 spiro atoms. The van der Waals surface area contributed by atoms with Crippen molar-refractivity contribution in [3.05, 3.63) is 0 Å². The average Bonchev–Trinajstić information content (AvgIpc) is 2.73. The molecular weight excluding hydrogens is 336 g/mol. The van der Waals surface area contributed by atoms with Crippen LogP contribution in [0.2, 0.25) is 0 Å². The molecule has 24 heavy (non-hydrogen) atoms. The summed E-state index contributed by atoms with van der Waals surface area (Å²) in [5.41, 5.74) is 5.36. The molecule has 1 heterocycles. The van der Waals surface area contributed by atoms with Crippen molar-refractivity contribution in [3.8, 4) is 0 Å². The minimum Gasteiger partial charge on any atom is -0.481 e. The van der Waals surface area contributed by atoms with Crippen molar-refractivity contribution < 1.29 is 29.4 Å². The van der Waals surface area contributed by atoms with E-state index in [4.69, 9.17) is 10.8 Å². The summed E-state index contributed by atoms with van der Waals surface area (Å²) in [4.78, 5) is 46.2. The van der Waals surface area contributed by atoms with Crippen LogP contribution in [0, 0.1) is 11.8 Å². The molecule has 2 fully saturated rings. The number of nitrogens with two attached hydrogens (primary N) is 1. The molecule has 1 saturated carbocycles. The quantitative estimate of drug-likeness (QED) is 0.491. The molecule has 0 aromatic carbocycles. The number of carbonyl (C=O) groups is 4. The number of carboxylic acid groups (broad SMARTS) is 2. The first kappa shape index (κ1) is 18.7. The predicted octanol–water partition coefficient (Wildman–Crippen LogP) is -0.153. The number of hydrogen-bond donors (Lipinski definition) is 4. The standard InChI is InChI=1S/C15H22N2O6S/c1-15(2)9(14(22)23)8-11(19)10(12(8)24-15)17-7(18)5-3-4-6(16)13(20)21/h6,8-10,12H,3-5,16H2,1-2H3,(H,17,18)(H,20,21)(H,22,23)/t6-,8-,9-,10+,12-/m0/s1. The Morgan fingerprint density at radius 3 is 2.50 bits per heavy atom. The molecule has 0 aromatic rings. The second kappa shape index (κ2) is 6.72. The van der Waals surface area contributed by atoms with Gasteiger partial charge in [0.1, 0.15) is 12.1 Å². The first-order valence-electron chi connectivity index (χ1n) is 7.78. The van der Waals surface area contributed by atoms with Gasteiger partial charge in [-0.3, -0.25) is 19.2 Å². The smallest absolute Gasteiger partial charge is 0.320 e. The lowest BCUT2D eigenvalue weighted by atomic mass is 9.67. The van der Waals surface area contributed by atoms with Crippen molar-refractivity contribution in [2.75, 3.05) is 0 Å². The SMILES string of the molecule is CC1(C)S[C@H]2[C@H](C(=O)[C@H]2NC(=O)CCC[C@H](N)C(=O)O)[C@H]1C(=O)O. The van der Waals surface area contributed by atoms with Gasteiger partial charge in [-0.1, -0.05) is 0 Å². The Morgan fingerprint density at radius 1 is 1.33 bits per heavy atom. The molecule has 2 rings (SSSR count). The number of amides is 1. The fourth-order valence-corrected chi connectivity index (χ4v) is 5.30. The third-order valence-electron chi connectivity index (χ3n) is 4.68. The van der Waals surface area contributed by atoms with Crippen LogP contribution in [0.25, 0.3) is 0 Å². The monoisotopic (exact) mass is 358 g/mol. The number of carbonyl (C=O) groups excluding carboxylic acids is 2. The van der Waals surface area contributed by atoms with E-state index in [2.05, 4.69) is 5.32 Å². The minimum atomic E-state index is -1.11. The van der Waals surface area contributed by atoms with E-state index in [0.29, 0.717) is 6.42 Å². The normalized spacial score (nSPS) is 31.7. The van der Waals surface area contributed by atoms with Gasteiger partial charge in [-0.15, -0.1) is 11.8 Å². The van der Waals surface area contributed by atoms with Gasteiger partial charge in [0.25, 0.3) is 0 Å². The van der Waals surface area contributed by atoms with Gasteiger partial charge in [0.15, 0.2) is 5.78 Å². The van der Waals surface area contributed by atoms with Crippen molar-refractivity contribution in [3.63, 3.8) is 0 Å². The third-order valence-corrected chi connectivity index (χ3v) is 6.38. The predicted molar refractivity (Wildman–Crippen MR) is 86.5 cm³/mol. The molecule has 0 radical (unpaired) electrons. The van der Waals surface area contributed by atoms with Crippen molar-refractivity contribution in [2.24, 2.45) is 17.6 Å². The summed E-state index contributed by atoms with van der Waals surface area (Å²) in [6, 6.07) is -1.67. The molecule has 0 unspecified atom stereocenters.